The highest BCUT2D eigenvalue weighted by atomic mass is 19.1. The van der Waals surface area contributed by atoms with Gasteiger partial charge in [0.05, 0.1) is 5.56 Å². The molecule has 0 saturated heterocycles. The highest BCUT2D eigenvalue weighted by Gasteiger charge is 2.22. The Balaban J connectivity index is 2.75. The first-order valence-electron chi connectivity index (χ1n) is 4.83. The molecule has 0 unspecified atom stereocenters. The Labute approximate surface area is 96.3 Å². The quantitative estimate of drug-likeness (QED) is 0.826. The predicted octanol–water partition coefficient (Wildman–Crippen LogP) is 1.51. The van der Waals surface area contributed by atoms with Gasteiger partial charge < -0.3 is 10.8 Å². The van der Waals surface area contributed by atoms with Crippen LogP contribution < -0.4 is 5.73 Å². The van der Waals surface area contributed by atoms with Crippen LogP contribution in [0.25, 0.3) is 11.1 Å². The second-order valence-corrected chi connectivity index (χ2v) is 3.52. The summed E-state index contributed by atoms with van der Waals surface area (Å²) in [5.41, 5.74) is 5.70. The third-order valence-corrected chi connectivity index (χ3v) is 2.44. The van der Waals surface area contributed by atoms with Gasteiger partial charge in [-0.25, -0.2) is 9.18 Å². The van der Waals surface area contributed by atoms with Crippen molar-refractivity contribution in [3.8, 4) is 11.1 Å². The largest absolute Gasteiger partial charge is 0.476 e. The molecule has 2 aromatic rings. The van der Waals surface area contributed by atoms with E-state index in [9.17, 15) is 9.18 Å². The zero-order chi connectivity index (χ0) is 12.6. The van der Waals surface area contributed by atoms with Crippen LogP contribution in [0.2, 0.25) is 0 Å². The van der Waals surface area contributed by atoms with Gasteiger partial charge in [-0.15, -0.1) is 0 Å². The first kappa shape index (κ1) is 11.1. The van der Waals surface area contributed by atoms with Crippen molar-refractivity contribution in [3.63, 3.8) is 0 Å². The van der Waals surface area contributed by atoms with Crippen molar-refractivity contribution in [2.24, 2.45) is 7.05 Å². The van der Waals surface area contributed by atoms with E-state index in [1.807, 2.05) is 0 Å². The van der Waals surface area contributed by atoms with Crippen molar-refractivity contribution >= 4 is 11.8 Å². The van der Waals surface area contributed by atoms with Gasteiger partial charge in [-0.3, -0.25) is 4.68 Å². The number of aromatic nitrogens is 2. The molecule has 0 bridgehead atoms. The Bertz CT molecular complexity index is 592. The molecule has 1 heterocycles. The van der Waals surface area contributed by atoms with Crippen molar-refractivity contribution < 1.29 is 14.3 Å². The number of aryl methyl sites for hydroxylation is 1. The van der Waals surface area contributed by atoms with E-state index in [-0.39, 0.29) is 22.6 Å². The molecule has 88 valence electrons. The van der Waals surface area contributed by atoms with Crippen LogP contribution in [0.5, 0.6) is 0 Å². The van der Waals surface area contributed by atoms with Crippen LogP contribution in [0.1, 0.15) is 10.5 Å². The summed E-state index contributed by atoms with van der Waals surface area (Å²) in [5.74, 6) is -1.65. The molecule has 0 aliphatic carbocycles. The molecule has 17 heavy (non-hydrogen) atoms. The van der Waals surface area contributed by atoms with Crippen LogP contribution in [-0.2, 0) is 7.05 Å². The number of anilines is 1. The fourth-order valence-corrected chi connectivity index (χ4v) is 1.62. The van der Waals surface area contributed by atoms with E-state index < -0.39 is 11.8 Å². The van der Waals surface area contributed by atoms with E-state index in [4.69, 9.17) is 10.8 Å². The SMILES string of the molecule is Cn1nc(C(=O)O)c(-c2ccccc2F)c1N. The third-order valence-electron chi connectivity index (χ3n) is 2.44. The molecule has 0 radical (unpaired) electrons. The monoisotopic (exact) mass is 235 g/mol. The summed E-state index contributed by atoms with van der Waals surface area (Å²) >= 11 is 0. The van der Waals surface area contributed by atoms with Crippen LogP contribution in [0.15, 0.2) is 24.3 Å². The van der Waals surface area contributed by atoms with Gasteiger partial charge in [-0.05, 0) is 6.07 Å². The molecule has 5 nitrogen and oxygen atoms in total. The van der Waals surface area contributed by atoms with Crippen LogP contribution in [0, 0.1) is 5.82 Å². The summed E-state index contributed by atoms with van der Waals surface area (Å²) < 4.78 is 14.8. The number of nitrogens with zero attached hydrogens (tertiary/aromatic N) is 2. The summed E-state index contributed by atoms with van der Waals surface area (Å²) in [6.45, 7) is 0. The summed E-state index contributed by atoms with van der Waals surface area (Å²) in [6.07, 6.45) is 0. The molecule has 0 amide bonds. The molecular formula is C11H10FN3O2. The Morgan fingerprint density at radius 1 is 1.47 bits per heavy atom. The number of aromatic carboxylic acids is 1. The Morgan fingerprint density at radius 2 is 2.12 bits per heavy atom. The number of rotatable bonds is 2. The van der Waals surface area contributed by atoms with Crippen molar-refractivity contribution in [2.75, 3.05) is 5.73 Å². The van der Waals surface area contributed by atoms with Crippen molar-refractivity contribution in [2.45, 2.75) is 0 Å². The molecule has 1 aromatic heterocycles. The molecule has 1 aromatic carbocycles. The second kappa shape index (κ2) is 3.89. The van der Waals surface area contributed by atoms with Gasteiger partial charge in [-0.1, -0.05) is 18.2 Å². The van der Waals surface area contributed by atoms with Crippen LogP contribution in [0.3, 0.4) is 0 Å². The number of carboxylic acids is 1. The Morgan fingerprint density at radius 3 is 2.71 bits per heavy atom. The fraction of sp³-hybridized carbons (Fsp3) is 0.0909. The van der Waals surface area contributed by atoms with E-state index >= 15 is 0 Å². The average molecular weight is 235 g/mol. The maximum absolute atomic E-state index is 13.6. The number of nitrogen functional groups attached to an aromatic ring is 1. The molecule has 2 rings (SSSR count). The van der Waals surface area contributed by atoms with Crippen molar-refractivity contribution in [1.29, 1.82) is 0 Å². The van der Waals surface area contributed by atoms with Crippen molar-refractivity contribution in [1.82, 2.24) is 9.78 Å². The van der Waals surface area contributed by atoms with Gasteiger partial charge >= 0.3 is 5.97 Å². The Hall–Kier alpha value is -2.37. The van der Waals surface area contributed by atoms with Crippen LogP contribution in [0.4, 0.5) is 10.2 Å². The highest BCUT2D eigenvalue weighted by Crippen LogP contribution is 2.31. The topological polar surface area (TPSA) is 81.1 Å². The first-order valence-corrected chi connectivity index (χ1v) is 4.83. The number of carboxylic acid groups (broad SMARTS) is 1. The van der Waals surface area contributed by atoms with E-state index in [0.717, 1.165) is 0 Å². The number of hydrogen-bond acceptors (Lipinski definition) is 3. The number of nitrogens with two attached hydrogens (primary N) is 1. The van der Waals surface area contributed by atoms with E-state index in [0.29, 0.717) is 0 Å². The molecule has 0 saturated carbocycles. The first-order chi connectivity index (χ1) is 8.02. The molecule has 0 aliphatic rings. The zero-order valence-electron chi connectivity index (χ0n) is 9.01. The van der Waals surface area contributed by atoms with Gasteiger partial charge in [0.25, 0.3) is 0 Å². The van der Waals surface area contributed by atoms with Crippen LogP contribution >= 0.6 is 0 Å². The number of benzene rings is 1. The summed E-state index contributed by atoms with van der Waals surface area (Å²) in [6, 6.07) is 5.84. The Kier molecular flexibility index (Phi) is 2.55. The number of carbonyl (C=O) groups is 1. The smallest absolute Gasteiger partial charge is 0.357 e. The molecule has 6 heteroatoms. The fourth-order valence-electron chi connectivity index (χ4n) is 1.62. The number of halogens is 1. The summed E-state index contributed by atoms with van der Waals surface area (Å²) in [4.78, 5) is 11.0. The summed E-state index contributed by atoms with van der Waals surface area (Å²) in [5, 5.41) is 12.8. The minimum absolute atomic E-state index is 0.109. The minimum Gasteiger partial charge on any atom is -0.476 e. The average Bonchev–Trinajstić information content (AvgIpc) is 2.57. The van der Waals surface area contributed by atoms with Gasteiger partial charge in [0.2, 0.25) is 0 Å². The van der Waals surface area contributed by atoms with E-state index in [1.165, 1.54) is 29.9 Å². The van der Waals surface area contributed by atoms with Gasteiger partial charge in [0.1, 0.15) is 11.6 Å². The molecule has 3 N–H and O–H groups in total. The lowest BCUT2D eigenvalue weighted by molar-refractivity contribution is 0.0690. The maximum Gasteiger partial charge on any atom is 0.357 e. The number of hydrogen-bond donors (Lipinski definition) is 2. The molecule has 0 atom stereocenters. The molecule has 0 spiro atoms. The predicted molar refractivity (Wildman–Crippen MR) is 60.0 cm³/mol. The zero-order valence-corrected chi connectivity index (χ0v) is 9.01. The lowest BCUT2D eigenvalue weighted by Gasteiger charge is -2.03. The van der Waals surface area contributed by atoms with Crippen LogP contribution in [-0.4, -0.2) is 20.9 Å². The third kappa shape index (κ3) is 1.73. The molecular weight excluding hydrogens is 225 g/mol. The van der Waals surface area contributed by atoms with Gasteiger partial charge in [0, 0.05) is 12.6 Å². The van der Waals surface area contributed by atoms with Gasteiger partial charge in [-0.2, -0.15) is 5.10 Å². The standard InChI is InChI=1S/C11H10FN3O2/c1-15-10(13)8(9(14-15)11(16)17)6-4-2-3-5-7(6)12/h2-5H,13H2,1H3,(H,16,17). The minimum atomic E-state index is -1.24. The molecule has 0 fully saturated rings. The van der Waals surface area contributed by atoms with Crippen molar-refractivity contribution in [3.05, 3.63) is 35.8 Å². The normalized spacial score (nSPS) is 10.5. The lowest BCUT2D eigenvalue weighted by atomic mass is 10.0. The summed E-state index contributed by atoms with van der Waals surface area (Å²) in [7, 11) is 1.51. The lowest BCUT2D eigenvalue weighted by Crippen LogP contribution is -2.01. The highest BCUT2D eigenvalue weighted by molar-refractivity contribution is 5.97. The molecule has 0 aliphatic heterocycles. The second-order valence-electron chi connectivity index (χ2n) is 3.52. The maximum atomic E-state index is 13.6. The van der Waals surface area contributed by atoms with E-state index in [1.54, 1.807) is 6.07 Å². The van der Waals surface area contributed by atoms with E-state index in [2.05, 4.69) is 5.10 Å². The van der Waals surface area contributed by atoms with Gasteiger partial charge in [0.15, 0.2) is 5.69 Å².